The zero-order chi connectivity index (χ0) is 24.4. The highest BCUT2D eigenvalue weighted by molar-refractivity contribution is 5.98. The Morgan fingerprint density at radius 2 is 1.83 bits per heavy atom. The molecular formula is C26H27N7O2. The third-order valence-corrected chi connectivity index (χ3v) is 6.51. The molecule has 0 bridgehead atoms. The molecular weight excluding hydrogens is 442 g/mol. The predicted octanol–water partition coefficient (Wildman–Crippen LogP) is 2.94. The van der Waals surface area contributed by atoms with Crippen molar-refractivity contribution in [1.82, 2.24) is 34.9 Å². The second-order valence-corrected chi connectivity index (χ2v) is 8.95. The van der Waals surface area contributed by atoms with Gasteiger partial charge >= 0.3 is 0 Å². The number of carbonyl (C=O) groups is 2. The highest BCUT2D eigenvalue weighted by Gasteiger charge is 2.19. The second kappa shape index (κ2) is 9.71. The Bertz CT molecular complexity index is 1370. The second-order valence-electron chi connectivity index (χ2n) is 8.95. The molecule has 4 aromatic rings. The van der Waals surface area contributed by atoms with Crippen molar-refractivity contribution in [2.24, 2.45) is 0 Å². The maximum absolute atomic E-state index is 12.8. The van der Waals surface area contributed by atoms with E-state index in [1.807, 2.05) is 18.5 Å². The SMILES string of the molecule is CNC(=O)c1ccc(C(=O)Cc2cc3cc(-c4cnn(C5CCN(C)CC5)c4)cnc3cn2)cn1. The van der Waals surface area contributed by atoms with Gasteiger partial charge in [-0.3, -0.25) is 29.2 Å². The number of nitrogens with one attached hydrogen (secondary N) is 1. The molecule has 5 rings (SSSR count). The van der Waals surface area contributed by atoms with E-state index in [4.69, 9.17) is 0 Å². The van der Waals surface area contributed by atoms with E-state index in [9.17, 15) is 9.59 Å². The quantitative estimate of drug-likeness (QED) is 0.433. The Hall–Kier alpha value is -3.98. The summed E-state index contributed by atoms with van der Waals surface area (Å²) in [4.78, 5) is 39.8. The van der Waals surface area contributed by atoms with Crippen LogP contribution >= 0.6 is 0 Å². The van der Waals surface area contributed by atoms with Crippen molar-refractivity contribution in [3.8, 4) is 11.1 Å². The van der Waals surface area contributed by atoms with Gasteiger partial charge in [-0.05, 0) is 57.2 Å². The van der Waals surface area contributed by atoms with E-state index in [0.717, 1.165) is 48.0 Å². The molecule has 4 aromatic heterocycles. The van der Waals surface area contributed by atoms with Crippen LogP contribution in [0.3, 0.4) is 0 Å². The summed E-state index contributed by atoms with van der Waals surface area (Å²) in [5.74, 6) is -0.406. The molecule has 0 radical (unpaired) electrons. The standard InChI is InChI=1S/C26H27N7O2/c1-27-26(35)23-4-3-17(12-29-23)25(34)11-21-10-18-9-19(13-30-24(18)15-28-21)20-14-31-33(16-20)22-5-7-32(2)8-6-22/h3-4,9-10,12-16,22H,5-8,11H2,1-2H3,(H,27,35). The summed E-state index contributed by atoms with van der Waals surface area (Å²) in [5, 5.41) is 8.05. The van der Waals surface area contributed by atoms with Crippen LogP contribution in [0, 0.1) is 0 Å². The molecule has 0 spiro atoms. The lowest BCUT2D eigenvalue weighted by Gasteiger charge is -2.28. The van der Waals surface area contributed by atoms with Crippen LogP contribution in [0.25, 0.3) is 22.0 Å². The van der Waals surface area contributed by atoms with Crippen LogP contribution in [0.4, 0.5) is 0 Å². The first kappa shape index (κ1) is 22.8. The Morgan fingerprint density at radius 1 is 1.00 bits per heavy atom. The van der Waals surface area contributed by atoms with Gasteiger partial charge < -0.3 is 10.2 Å². The van der Waals surface area contributed by atoms with Crippen LogP contribution in [-0.2, 0) is 6.42 Å². The summed E-state index contributed by atoms with van der Waals surface area (Å²) >= 11 is 0. The number of Topliss-reactive ketones (excluding diaryl/α,β-unsaturated/α-hetero) is 1. The molecule has 9 nitrogen and oxygen atoms in total. The number of nitrogens with zero attached hydrogens (tertiary/aromatic N) is 6. The molecule has 0 aromatic carbocycles. The van der Waals surface area contributed by atoms with Gasteiger partial charge in [-0.25, -0.2) is 0 Å². The van der Waals surface area contributed by atoms with Gasteiger partial charge in [0.25, 0.3) is 5.91 Å². The summed E-state index contributed by atoms with van der Waals surface area (Å²) in [6.45, 7) is 2.17. The molecule has 1 N–H and O–H groups in total. The fraction of sp³-hybridized carbons (Fsp3) is 0.308. The minimum absolute atomic E-state index is 0.115. The fourth-order valence-corrected chi connectivity index (χ4v) is 4.37. The average Bonchev–Trinajstić information content (AvgIpc) is 3.38. The van der Waals surface area contributed by atoms with Crippen molar-refractivity contribution in [2.75, 3.05) is 27.2 Å². The Kier molecular flexibility index (Phi) is 6.33. The van der Waals surface area contributed by atoms with Crippen LogP contribution in [0.2, 0.25) is 0 Å². The third-order valence-electron chi connectivity index (χ3n) is 6.51. The van der Waals surface area contributed by atoms with Crippen molar-refractivity contribution in [1.29, 1.82) is 0 Å². The number of hydrogen-bond acceptors (Lipinski definition) is 7. The van der Waals surface area contributed by atoms with Gasteiger partial charge in [-0.15, -0.1) is 0 Å². The molecule has 35 heavy (non-hydrogen) atoms. The molecule has 1 aliphatic rings. The molecule has 9 heteroatoms. The zero-order valence-corrected chi connectivity index (χ0v) is 19.8. The molecule has 1 fully saturated rings. The van der Waals surface area contributed by atoms with E-state index in [-0.39, 0.29) is 23.8 Å². The van der Waals surface area contributed by atoms with Gasteiger partial charge in [0.1, 0.15) is 5.69 Å². The van der Waals surface area contributed by atoms with Crippen molar-refractivity contribution in [2.45, 2.75) is 25.3 Å². The zero-order valence-electron chi connectivity index (χ0n) is 19.8. The van der Waals surface area contributed by atoms with Crippen molar-refractivity contribution in [3.63, 3.8) is 0 Å². The first-order valence-corrected chi connectivity index (χ1v) is 11.7. The largest absolute Gasteiger partial charge is 0.354 e. The lowest BCUT2D eigenvalue weighted by atomic mass is 10.0. The normalized spacial score (nSPS) is 14.8. The van der Waals surface area contributed by atoms with Gasteiger partial charge in [0, 0.05) is 53.4 Å². The summed E-state index contributed by atoms with van der Waals surface area (Å²) < 4.78 is 2.08. The first-order valence-electron chi connectivity index (χ1n) is 11.7. The fourth-order valence-electron chi connectivity index (χ4n) is 4.37. The number of rotatable bonds is 6. The third kappa shape index (κ3) is 4.95. The highest BCUT2D eigenvalue weighted by atomic mass is 16.1. The summed E-state index contributed by atoms with van der Waals surface area (Å²) in [6, 6.07) is 7.55. The van der Waals surface area contributed by atoms with Crippen LogP contribution in [0.5, 0.6) is 0 Å². The Labute approximate surface area is 203 Å². The van der Waals surface area contributed by atoms with Crippen LogP contribution in [0.1, 0.15) is 45.4 Å². The van der Waals surface area contributed by atoms with Gasteiger partial charge in [0.05, 0.1) is 30.4 Å². The van der Waals surface area contributed by atoms with Gasteiger partial charge in [0.15, 0.2) is 5.78 Å². The summed E-state index contributed by atoms with van der Waals surface area (Å²) in [5.41, 5.74) is 4.13. The number of likely N-dealkylation sites (tertiary alicyclic amines) is 1. The first-order chi connectivity index (χ1) is 17.0. The number of piperidine rings is 1. The number of aromatic nitrogens is 5. The minimum Gasteiger partial charge on any atom is -0.354 e. The minimum atomic E-state index is -0.291. The Morgan fingerprint density at radius 3 is 2.57 bits per heavy atom. The summed E-state index contributed by atoms with van der Waals surface area (Å²) in [7, 11) is 3.69. The number of carbonyl (C=O) groups excluding carboxylic acids is 2. The maximum Gasteiger partial charge on any atom is 0.269 e. The molecule has 0 aliphatic carbocycles. The molecule has 1 saturated heterocycles. The van der Waals surface area contributed by atoms with Gasteiger partial charge in [-0.1, -0.05) is 0 Å². The van der Waals surface area contributed by atoms with Crippen LogP contribution in [0.15, 0.2) is 55.2 Å². The summed E-state index contributed by atoms with van der Waals surface area (Å²) in [6.07, 6.45) is 11.3. The monoisotopic (exact) mass is 469 g/mol. The van der Waals surface area contributed by atoms with E-state index < -0.39 is 0 Å². The molecule has 5 heterocycles. The van der Waals surface area contributed by atoms with Crippen LogP contribution in [-0.4, -0.2) is 68.5 Å². The smallest absolute Gasteiger partial charge is 0.269 e. The number of fused-ring (bicyclic) bond motifs is 1. The van der Waals surface area contributed by atoms with Gasteiger partial charge in [0.2, 0.25) is 0 Å². The number of ketones is 1. The molecule has 0 saturated carbocycles. The van der Waals surface area contributed by atoms with E-state index >= 15 is 0 Å². The number of amides is 1. The molecule has 0 atom stereocenters. The van der Waals surface area contributed by atoms with Crippen LogP contribution < -0.4 is 5.32 Å². The maximum atomic E-state index is 12.8. The Balaban J connectivity index is 1.33. The number of pyridine rings is 3. The number of hydrogen-bond donors (Lipinski definition) is 1. The van der Waals surface area contributed by atoms with E-state index in [1.165, 1.54) is 13.2 Å². The van der Waals surface area contributed by atoms with Gasteiger partial charge in [-0.2, -0.15) is 5.10 Å². The molecule has 1 aliphatic heterocycles. The average molecular weight is 470 g/mol. The van der Waals surface area contributed by atoms with E-state index in [1.54, 1.807) is 18.3 Å². The van der Waals surface area contributed by atoms with Crippen molar-refractivity contribution < 1.29 is 9.59 Å². The lowest BCUT2D eigenvalue weighted by molar-refractivity contribution is 0.0953. The highest BCUT2D eigenvalue weighted by Crippen LogP contribution is 2.26. The van der Waals surface area contributed by atoms with E-state index in [2.05, 4.69) is 54.3 Å². The lowest BCUT2D eigenvalue weighted by Crippen LogP contribution is -2.31. The molecule has 178 valence electrons. The molecule has 0 unspecified atom stereocenters. The van der Waals surface area contributed by atoms with Crippen molar-refractivity contribution in [3.05, 3.63) is 72.2 Å². The van der Waals surface area contributed by atoms with Crippen molar-refractivity contribution >= 4 is 22.6 Å². The molecule has 1 amide bonds. The topological polar surface area (TPSA) is 106 Å². The van der Waals surface area contributed by atoms with E-state index in [0.29, 0.717) is 17.3 Å². The predicted molar refractivity (Wildman–Crippen MR) is 132 cm³/mol.